The summed E-state index contributed by atoms with van der Waals surface area (Å²) in [7, 11) is 0. The smallest absolute Gasteiger partial charge is 0.123 e. The Hall–Kier alpha value is -1.16. The van der Waals surface area contributed by atoms with Crippen molar-refractivity contribution in [3.8, 4) is 5.75 Å². The van der Waals surface area contributed by atoms with Crippen LogP contribution in [0.2, 0.25) is 0 Å². The number of likely N-dealkylation sites (N-methyl/N-ethyl adjacent to an activating group) is 1. The molecular weight excluding hydrogens is 307 g/mol. The Labute approximate surface area is 139 Å². The lowest BCUT2D eigenvalue weighted by atomic mass is 10.1. The molecule has 0 aromatic heterocycles. The van der Waals surface area contributed by atoms with Crippen LogP contribution in [-0.4, -0.2) is 36.2 Å². The van der Waals surface area contributed by atoms with Crippen LogP contribution in [0.25, 0.3) is 10.8 Å². The first kappa shape index (κ1) is 19.8. The zero-order chi connectivity index (χ0) is 13.7. The van der Waals surface area contributed by atoms with E-state index < -0.39 is 0 Å². The minimum atomic E-state index is 0. The van der Waals surface area contributed by atoms with Gasteiger partial charge in [-0.2, -0.15) is 0 Å². The third-order valence-electron chi connectivity index (χ3n) is 3.54. The van der Waals surface area contributed by atoms with Gasteiger partial charge in [-0.05, 0) is 25.2 Å². The highest BCUT2D eigenvalue weighted by Crippen LogP contribution is 2.30. The fraction of sp³-hybridized carbons (Fsp3) is 0.375. The molecule has 2 aromatic rings. The summed E-state index contributed by atoms with van der Waals surface area (Å²) in [6.07, 6.45) is 0. The summed E-state index contributed by atoms with van der Waals surface area (Å²) >= 11 is 0. The van der Waals surface area contributed by atoms with E-state index in [2.05, 4.69) is 24.1 Å². The van der Waals surface area contributed by atoms with Crippen LogP contribution in [0.3, 0.4) is 0 Å². The van der Waals surface area contributed by atoms with Gasteiger partial charge in [-0.3, -0.25) is 0 Å². The molecule has 0 aliphatic carbocycles. The monoisotopic (exact) mass is 330 g/mol. The SMILES string of the molecule is CCN(CC)CCNc1ccc(O)c2ccccc12.Cl.Cl. The molecule has 0 unspecified atom stereocenters. The molecule has 0 amide bonds. The van der Waals surface area contributed by atoms with Crippen LogP contribution in [0.5, 0.6) is 5.75 Å². The van der Waals surface area contributed by atoms with Gasteiger partial charge in [0.25, 0.3) is 0 Å². The van der Waals surface area contributed by atoms with Gasteiger partial charge in [0.2, 0.25) is 0 Å². The zero-order valence-corrected chi connectivity index (χ0v) is 14.1. The van der Waals surface area contributed by atoms with Gasteiger partial charge in [0.05, 0.1) is 0 Å². The van der Waals surface area contributed by atoms with Gasteiger partial charge in [-0.15, -0.1) is 24.8 Å². The Kier molecular flexibility index (Phi) is 9.18. The molecule has 0 spiro atoms. The second-order valence-corrected chi connectivity index (χ2v) is 4.63. The van der Waals surface area contributed by atoms with E-state index in [9.17, 15) is 5.11 Å². The number of halogens is 2. The molecule has 0 heterocycles. The number of fused-ring (bicyclic) bond motifs is 1. The molecule has 2 aromatic carbocycles. The Bertz CT molecular complexity index is 545. The number of hydrogen-bond donors (Lipinski definition) is 2. The standard InChI is InChI=1S/C16H22N2O.2ClH/c1-3-18(4-2)12-11-17-15-9-10-16(19)14-8-6-5-7-13(14)15;;/h5-10,17,19H,3-4,11-12H2,1-2H3;2*1H. The van der Waals surface area contributed by atoms with E-state index in [1.54, 1.807) is 6.07 Å². The molecule has 21 heavy (non-hydrogen) atoms. The van der Waals surface area contributed by atoms with Crippen molar-refractivity contribution in [3.05, 3.63) is 36.4 Å². The number of anilines is 1. The van der Waals surface area contributed by atoms with E-state index in [-0.39, 0.29) is 24.8 Å². The van der Waals surface area contributed by atoms with Crippen LogP contribution >= 0.6 is 24.8 Å². The summed E-state index contributed by atoms with van der Waals surface area (Å²) in [5.41, 5.74) is 1.08. The van der Waals surface area contributed by atoms with Crippen LogP contribution in [0.4, 0.5) is 5.69 Å². The molecule has 3 nitrogen and oxygen atoms in total. The molecule has 0 saturated heterocycles. The van der Waals surface area contributed by atoms with Crippen molar-refractivity contribution >= 4 is 41.3 Å². The highest BCUT2D eigenvalue weighted by atomic mass is 35.5. The lowest BCUT2D eigenvalue weighted by molar-refractivity contribution is 0.316. The highest BCUT2D eigenvalue weighted by molar-refractivity contribution is 5.97. The maximum atomic E-state index is 9.85. The first-order valence-electron chi connectivity index (χ1n) is 6.93. The summed E-state index contributed by atoms with van der Waals surface area (Å²) in [6.45, 7) is 8.46. The van der Waals surface area contributed by atoms with Crippen molar-refractivity contribution < 1.29 is 5.11 Å². The fourth-order valence-corrected chi connectivity index (χ4v) is 2.33. The molecule has 0 aliphatic heterocycles. The van der Waals surface area contributed by atoms with Gasteiger partial charge in [0.15, 0.2) is 0 Å². The van der Waals surface area contributed by atoms with Gasteiger partial charge in [0.1, 0.15) is 5.75 Å². The van der Waals surface area contributed by atoms with E-state index in [1.165, 1.54) is 0 Å². The molecule has 5 heteroatoms. The van der Waals surface area contributed by atoms with Gasteiger partial charge in [-0.25, -0.2) is 0 Å². The Morgan fingerprint density at radius 2 is 1.57 bits per heavy atom. The van der Waals surface area contributed by atoms with Crippen molar-refractivity contribution in [2.24, 2.45) is 0 Å². The first-order chi connectivity index (χ1) is 9.26. The Balaban J connectivity index is 0.00000200. The number of phenols is 1. The summed E-state index contributed by atoms with van der Waals surface area (Å²) < 4.78 is 0. The number of phenolic OH excluding ortho intramolecular Hbond substituents is 1. The van der Waals surface area contributed by atoms with Crippen molar-refractivity contribution in [3.63, 3.8) is 0 Å². The summed E-state index contributed by atoms with van der Waals surface area (Å²) in [5.74, 6) is 0.338. The second kappa shape index (κ2) is 9.72. The van der Waals surface area contributed by atoms with Gasteiger partial charge in [0, 0.05) is 29.5 Å². The fourth-order valence-electron chi connectivity index (χ4n) is 2.33. The quantitative estimate of drug-likeness (QED) is 0.781. The van der Waals surface area contributed by atoms with E-state index in [4.69, 9.17) is 0 Å². The van der Waals surface area contributed by atoms with Crippen LogP contribution < -0.4 is 5.32 Å². The molecule has 2 N–H and O–H groups in total. The number of benzene rings is 2. The normalized spacial score (nSPS) is 10.0. The average molecular weight is 331 g/mol. The van der Waals surface area contributed by atoms with Crippen LogP contribution in [0.15, 0.2) is 36.4 Å². The van der Waals surface area contributed by atoms with Gasteiger partial charge in [-0.1, -0.05) is 38.1 Å². The molecule has 0 saturated carbocycles. The third-order valence-corrected chi connectivity index (χ3v) is 3.54. The summed E-state index contributed by atoms with van der Waals surface area (Å²) in [6, 6.07) is 11.6. The predicted octanol–water partition coefficient (Wildman–Crippen LogP) is 4.14. The Morgan fingerprint density at radius 1 is 0.952 bits per heavy atom. The van der Waals surface area contributed by atoms with E-state index in [0.717, 1.165) is 42.6 Å². The molecule has 118 valence electrons. The number of nitrogens with zero attached hydrogens (tertiary/aromatic N) is 1. The van der Waals surface area contributed by atoms with Crippen molar-refractivity contribution in [1.82, 2.24) is 4.90 Å². The lowest BCUT2D eigenvalue weighted by Gasteiger charge is -2.19. The van der Waals surface area contributed by atoms with Crippen LogP contribution in [0, 0.1) is 0 Å². The van der Waals surface area contributed by atoms with Crippen molar-refractivity contribution in [2.75, 3.05) is 31.5 Å². The number of aromatic hydroxyl groups is 1. The molecule has 0 fully saturated rings. The number of hydrogen-bond acceptors (Lipinski definition) is 3. The molecular formula is C16H24Cl2N2O. The van der Waals surface area contributed by atoms with Gasteiger partial charge < -0.3 is 15.3 Å². The first-order valence-corrected chi connectivity index (χ1v) is 6.93. The minimum Gasteiger partial charge on any atom is -0.507 e. The van der Waals surface area contributed by atoms with E-state index in [0.29, 0.717) is 5.75 Å². The maximum Gasteiger partial charge on any atom is 0.123 e. The molecule has 0 aliphatic rings. The Morgan fingerprint density at radius 3 is 2.19 bits per heavy atom. The summed E-state index contributed by atoms with van der Waals surface area (Å²) in [4.78, 5) is 2.38. The zero-order valence-electron chi connectivity index (χ0n) is 12.5. The van der Waals surface area contributed by atoms with E-state index >= 15 is 0 Å². The van der Waals surface area contributed by atoms with Crippen molar-refractivity contribution in [1.29, 1.82) is 0 Å². The summed E-state index contributed by atoms with van der Waals surface area (Å²) in [5, 5.41) is 15.3. The lowest BCUT2D eigenvalue weighted by Crippen LogP contribution is -2.28. The molecule has 0 bridgehead atoms. The average Bonchev–Trinajstić information content (AvgIpc) is 2.46. The predicted molar refractivity (Wildman–Crippen MR) is 96.4 cm³/mol. The van der Waals surface area contributed by atoms with Gasteiger partial charge >= 0.3 is 0 Å². The topological polar surface area (TPSA) is 35.5 Å². The second-order valence-electron chi connectivity index (χ2n) is 4.63. The van der Waals surface area contributed by atoms with E-state index in [1.807, 2.05) is 30.3 Å². The maximum absolute atomic E-state index is 9.85. The number of nitrogens with one attached hydrogen (secondary N) is 1. The molecule has 2 rings (SSSR count). The molecule has 0 radical (unpaired) electrons. The number of rotatable bonds is 6. The highest BCUT2D eigenvalue weighted by Gasteiger charge is 2.04. The minimum absolute atomic E-state index is 0. The van der Waals surface area contributed by atoms with Crippen LogP contribution in [0.1, 0.15) is 13.8 Å². The third kappa shape index (κ3) is 4.95. The van der Waals surface area contributed by atoms with Crippen LogP contribution in [-0.2, 0) is 0 Å². The largest absolute Gasteiger partial charge is 0.507 e. The van der Waals surface area contributed by atoms with Crippen molar-refractivity contribution in [2.45, 2.75) is 13.8 Å². The molecule has 0 atom stereocenters.